The summed E-state index contributed by atoms with van der Waals surface area (Å²) in [4.78, 5) is 8.14. The molecule has 0 fully saturated rings. The first-order valence-electron chi connectivity index (χ1n) is 10.5. The molecule has 0 aliphatic heterocycles. The molecule has 0 radical (unpaired) electrons. The lowest BCUT2D eigenvalue weighted by atomic mass is 10.1. The van der Waals surface area contributed by atoms with Crippen LogP contribution in [0.1, 0.15) is 31.4 Å². The number of thiocarbonyl (C=S) groups is 1. The Labute approximate surface area is 179 Å². The van der Waals surface area contributed by atoms with Crippen LogP contribution in [0.15, 0.2) is 54.7 Å². The van der Waals surface area contributed by atoms with E-state index in [0.29, 0.717) is 0 Å². The minimum atomic E-state index is 0.782. The predicted octanol–water partition coefficient (Wildman–Crippen LogP) is 5.41. The van der Waals surface area contributed by atoms with Gasteiger partial charge in [0.1, 0.15) is 0 Å². The normalized spacial score (nSPS) is 11.2. The third-order valence-corrected chi connectivity index (χ3v) is 5.87. The maximum absolute atomic E-state index is 5.84. The third-order valence-electron chi connectivity index (χ3n) is 5.51. The van der Waals surface area contributed by atoms with Gasteiger partial charge in [-0.3, -0.25) is 0 Å². The van der Waals surface area contributed by atoms with Gasteiger partial charge < -0.3 is 20.1 Å². The third kappa shape index (κ3) is 5.58. The Balaban J connectivity index is 1.75. The van der Waals surface area contributed by atoms with E-state index >= 15 is 0 Å². The van der Waals surface area contributed by atoms with Crippen LogP contribution in [0, 0.1) is 6.92 Å². The molecule has 0 bridgehead atoms. The molecular weight excluding hydrogens is 376 g/mol. The van der Waals surface area contributed by atoms with Gasteiger partial charge >= 0.3 is 0 Å². The summed E-state index contributed by atoms with van der Waals surface area (Å²) in [5, 5.41) is 5.52. The number of H-pyrrole nitrogens is 1. The summed E-state index contributed by atoms with van der Waals surface area (Å²) in [5.74, 6) is 0. The molecule has 0 amide bonds. The van der Waals surface area contributed by atoms with Crippen LogP contribution in [-0.4, -0.2) is 46.1 Å². The lowest BCUT2D eigenvalue weighted by molar-refractivity contribution is 0.281. The molecule has 3 aromatic rings. The lowest BCUT2D eigenvalue weighted by Crippen LogP contribution is -2.37. The zero-order valence-electron chi connectivity index (χ0n) is 17.7. The van der Waals surface area contributed by atoms with Crippen LogP contribution in [0.4, 0.5) is 5.69 Å². The van der Waals surface area contributed by atoms with Crippen LogP contribution in [0.2, 0.25) is 0 Å². The first kappa shape index (κ1) is 21.3. The maximum atomic E-state index is 5.84. The second-order valence-corrected chi connectivity index (χ2v) is 7.79. The Morgan fingerprint density at radius 1 is 1.00 bits per heavy atom. The van der Waals surface area contributed by atoms with Crippen molar-refractivity contribution >= 4 is 33.9 Å². The second kappa shape index (κ2) is 10.4. The van der Waals surface area contributed by atoms with Crippen LogP contribution < -0.4 is 5.32 Å². The van der Waals surface area contributed by atoms with Gasteiger partial charge in [0.2, 0.25) is 0 Å². The fourth-order valence-electron chi connectivity index (χ4n) is 3.65. The average molecular weight is 409 g/mol. The number of nitrogens with one attached hydrogen (secondary N) is 2. The van der Waals surface area contributed by atoms with E-state index in [1.807, 2.05) is 6.07 Å². The SMILES string of the molecule is CCN(CC)CCCN(Cc1c[nH]c2ccccc12)C(=S)Nc1ccccc1C. The van der Waals surface area contributed by atoms with Crippen molar-refractivity contribution in [1.82, 2.24) is 14.8 Å². The Morgan fingerprint density at radius 2 is 1.72 bits per heavy atom. The Morgan fingerprint density at radius 3 is 2.48 bits per heavy atom. The highest BCUT2D eigenvalue weighted by Gasteiger charge is 2.14. The minimum Gasteiger partial charge on any atom is -0.361 e. The summed E-state index contributed by atoms with van der Waals surface area (Å²) >= 11 is 5.84. The van der Waals surface area contributed by atoms with Crippen molar-refractivity contribution < 1.29 is 0 Å². The smallest absolute Gasteiger partial charge is 0.173 e. The van der Waals surface area contributed by atoms with Crippen molar-refractivity contribution in [2.75, 3.05) is 31.5 Å². The fourth-order valence-corrected chi connectivity index (χ4v) is 3.92. The molecule has 2 aromatic carbocycles. The van der Waals surface area contributed by atoms with Gasteiger partial charge in [-0.05, 0) is 68.5 Å². The lowest BCUT2D eigenvalue weighted by Gasteiger charge is -2.27. The number of rotatable bonds is 9. The molecule has 1 heterocycles. The van der Waals surface area contributed by atoms with Gasteiger partial charge in [-0.25, -0.2) is 0 Å². The van der Waals surface area contributed by atoms with Gasteiger partial charge in [0, 0.05) is 35.9 Å². The average Bonchev–Trinajstić information content (AvgIpc) is 3.15. The van der Waals surface area contributed by atoms with Crippen LogP contribution >= 0.6 is 12.2 Å². The van der Waals surface area contributed by atoms with E-state index in [9.17, 15) is 0 Å². The molecular formula is C24H32N4S. The van der Waals surface area contributed by atoms with Crippen molar-refractivity contribution in [2.45, 2.75) is 33.7 Å². The molecule has 0 atom stereocenters. The maximum Gasteiger partial charge on any atom is 0.173 e. The van der Waals surface area contributed by atoms with Crippen LogP contribution in [0.5, 0.6) is 0 Å². The number of anilines is 1. The first-order chi connectivity index (χ1) is 14.1. The molecule has 2 N–H and O–H groups in total. The van der Waals surface area contributed by atoms with Crippen LogP contribution in [0.3, 0.4) is 0 Å². The first-order valence-corrected chi connectivity index (χ1v) is 10.9. The molecule has 0 saturated carbocycles. The van der Waals surface area contributed by atoms with Gasteiger partial charge in [0.05, 0.1) is 0 Å². The molecule has 1 aromatic heterocycles. The van der Waals surface area contributed by atoms with Gasteiger partial charge in [0.25, 0.3) is 0 Å². The number of nitrogens with zero attached hydrogens (tertiary/aromatic N) is 2. The molecule has 0 unspecified atom stereocenters. The summed E-state index contributed by atoms with van der Waals surface area (Å²) in [6, 6.07) is 16.7. The standard InChI is InChI=1S/C24H32N4S/c1-4-27(5-2)15-10-16-28(24(29)26-22-13-8-6-11-19(22)3)18-20-17-25-23-14-9-7-12-21(20)23/h6-9,11-14,17,25H,4-5,10,15-16,18H2,1-3H3,(H,26,29). The van der Waals surface area contributed by atoms with Crippen molar-refractivity contribution in [3.8, 4) is 0 Å². The molecule has 0 aliphatic rings. The highest BCUT2D eigenvalue weighted by atomic mass is 32.1. The van der Waals surface area contributed by atoms with E-state index in [0.717, 1.165) is 49.9 Å². The van der Waals surface area contributed by atoms with Gasteiger partial charge in [-0.15, -0.1) is 0 Å². The zero-order chi connectivity index (χ0) is 20.6. The molecule has 3 rings (SSSR count). The molecule has 0 saturated heterocycles. The number of para-hydroxylation sites is 2. The molecule has 154 valence electrons. The minimum absolute atomic E-state index is 0.782. The van der Waals surface area contributed by atoms with E-state index in [1.54, 1.807) is 0 Å². The predicted molar refractivity (Wildman–Crippen MR) is 129 cm³/mol. The largest absolute Gasteiger partial charge is 0.361 e. The molecule has 0 aliphatic carbocycles. The number of benzene rings is 2. The summed E-state index contributed by atoms with van der Waals surface area (Å²) in [6.07, 6.45) is 3.19. The van der Waals surface area contributed by atoms with Crippen molar-refractivity contribution in [1.29, 1.82) is 0 Å². The number of hydrogen-bond donors (Lipinski definition) is 2. The Kier molecular flexibility index (Phi) is 7.67. The Bertz CT molecular complexity index is 929. The molecule has 29 heavy (non-hydrogen) atoms. The van der Waals surface area contributed by atoms with Crippen LogP contribution in [0.25, 0.3) is 10.9 Å². The summed E-state index contributed by atoms with van der Waals surface area (Å²) in [7, 11) is 0. The Hall–Kier alpha value is -2.37. The molecule has 5 heteroatoms. The number of aromatic nitrogens is 1. The number of aromatic amines is 1. The number of aryl methyl sites for hydroxylation is 1. The van der Waals surface area contributed by atoms with Gasteiger partial charge in [-0.2, -0.15) is 0 Å². The van der Waals surface area contributed by atoms with E-state index in [4.69, 9.17) is 12.2 Å². The summed E-state index contributed by atoms with van der Waals surface area (Å²) in [6.45, 7) is 11.5. The van der Waals surface area contributed by atoms with Crippen molar-refractivity contribution in [3.05, 3.63) is 65.9 Å². The zero-order valence-corrected chi connectivity index (χ0v) is 18.6. The van der Waals surface area contributed by atoms with Gasteiger partial charge in [-0.1, -0.05) is 50.2 Å². The summed E-state index contributed by atoms with van der Waals surface area (Å²) < 4.78 is 0. The summed E-state index contributed by atoms with van der Waals surface area (Å²) in [5.41, 5.74) is 4.72. The fraction of sp³-hybridized carbons (Fsp3) is 0.375. The molecule has 0 spiro atoms. The van der Waals surface area contributed by atoms with Crippen molar-refractivity contribution in [3.63, 3.8) is 0 Å². The quantitative estimate of drug-likeness (QED) is 0.464. The second-order valence-electron chi connectivity index (χ2n) is 7.41. The van der Waals surface area contributed by atoms with E-state index in [1.165, 1.54) is 22.0 Å². The topological polar surface area (TPSA) is 34.3 Å². The van der Waals surface area contributed by atoms with E-state index in [2.05, 4.69) is 89.5 Å². The van der Waals surface area contributed by atoms with E-state index < -0.39 is 0 Å². The van der Waals surface area contributed by atoms with Crippen LogP contribution in [-0.2, 0) is 6.54 Å². The highest BCUT2D eigenvalue weighted by Crippen LogP contribution is 2.21. The highest BCUT2D eigenvalue weighted by molar-refractivity contribution is 7.80. The molecule has 4 nitrogen and oxygen atoms in total. The number of hydrogen-bond acceptors (Lipinski definition) is 2. The van der Waals surface area contributed by atoms with Crippen molar-refractivity contribution in [2.24, 2.45) is 0 Å². The monoisotopic (exact) mass is 408 g/mol. The van der Waals surface area contributed by atoms with Gasteiger partial charge in [0.15, 0.2) is 5.11 Å². The number of fused-ring (bicyclic) bond motifs is 1. The van der Waals surface area contributed by atoms with E-state index in [-0.39, 0.29) is 0 Å².